The molecule has 0 radical (unpaired) electrons. The van der Waals surface area contributed by atoms with Gasteiger partial charge in [0.1, 0.15) is 13.8 Å². The smallest absolute Gasteiger partial charge is 0.188 e. The molecular weight excluding hydrogens is 380 g/mol. The molecule has 0 saturated carbocycles. The zero-order chi connectivity index (χ0) is 18.3. The van der Waals surface area contributed by atoms with Gasteiger partial charge in [-0.1, -0.05) is 63.5 Å². The minimum Gasteiger partial charge on any atom is -0.468 e. The first-order valence-electron chi connectivity index (χ1n) is 8.65. The summed E-state index contributed by atoms with van der Waals surface area (Å²) in [6, 6.07) is 6.03. The van der Waals surface area contributed by atoms with Crippen LogP contribution in [0.2, 0.25) is 16.6 Å². The first-order valence-corrected chi connectivity index (χ1v) is 11.7. The molecule has 0 N–H and O–H groups in total. The van der Waals surface area contributed by atoms with Crippen LogP contribution in [0.25, 0.3) is 0 Å². The van der Waals surface area contributed by atoms with Gasteiger partial charge in [-0.05, 0) is 34.3 Å². The molecule has 1 aromatic rings. The number of halogens is 1. The van der Waals surface area contributed by atoms with Crippen LogP contribution in [0.4, 0.5) is 0 Å². The normalized spacial score (nSPS) is 11.8. The second-order valence-electron chi connectivity index (χ2n) is 7.18. The highest BCUT2D eigenvalue weighted by Crippen LogP contribution is 2.40. The van der Waals surface area contributed by atoms with Gasteiger partial charge in [0, 0.05) is 18.0 Å². The van der Waals surface area contributed by atoms with Gasteiger partial charge in [0.15, 0.2) is 6.79 Å². The number of hydrogen-bond acceptors (Lipinski definition) is 2. The van der Waals surface area contributed by atoms with Crippen LogP contribution in [0.1, 0.15) is 47.1 Å². The second kappa shape index (κ2) is 9.65. The van der Waals surface area contributed by atoms with Crippen LogP contribution < -0.4 is 4.74 Å². The van der Waals surface area contributed by atoms with E-state index in [4.69, 9.17) is 9.47 Å². The summed E-state index contributed by atoms with van der Waals surface area (Å²) in [5.41, 5.74) is 6.97. The third-order valence-corrected chi connectivity index (χ3v) is 11.9. The lowest BCUT2D eigenvalue weighted by atomic mass is 10.1. The van der Waals surface area contributed by atoms with E-state index in [0.717, 1.165) is 16.6 Å². The van der Waals surface area contributed by atoms with E-state index >= 15 is 0 Å². The van der Waals surface area contributed by atoms with Gasteiger partial charge in [-0.25, -0.2) is 0 Å². The highest BCUT2D eigenvalue weighted by Gasteiger charge is 2.41. The molecule has 0 fully saturated rings. The lowest BCUT2D eigenvalue weighted by molar-refractivity contribution is 0.0511. The Morgan fingerprint density at radius 3 is 2.08 bits per heavy atom. The Balaban J connectivity index is 2.97. The molecule has 0 atom stereocenters. The minimum atomic E-state index is -1.64. The number of benzene rings is 1. The Bertz CT molecular complexity index is 563. The fraction of sp³-hybridized carbons (Fsp3) is 0.600. The van der Waals surface area contributed by atoms with E-state index in [0.29, 0.717) is 16.6 Å². The van der Waals surface area contributed by atoms with Crippen LogP contribution in [0.3, 0.4) is 0 Å². The summed E-state index contributed by atoms with van der Waals surface area (Å²) in [6.07, 6.45) is 0.770. The minimum absolute atomic E-state index is 0.261. The molecule has 0 unspecified atom stereocenters. The molecule has 134 valence electrons. The summed E-state index contributed by atoms with van der Waals surface area (Å²) >= 11 is 3.63. The van der Waals surface area contributed by atoms with Crippen LogP contribution in [0.5, 0.6) is 5.75 Å². The summed E-state index contributed by atoms with van der Waals surface area (Å²) in [7, 11) is -0.0266. The third kappa shape index (κ3) is 5.11. The maximum atomic E-state index is 5.46. The number of ether oxygens (including phenoxy) is 2. The predicted molar refractivity (Wildman–Crippen MR) is 109 cm³/mol. The molecule has 1 rings (SSSR count). The third-order valence-electron chi connectivity index (χ3n) is 4.82. The Kier molecular flexibility index (Phi) is 8.56. The maximum absolute atomic E-state index is 5.46. The summed E-state index contributed by atoms with van der Waals surface area (Å²) < 4.78 is 11.4. The molecule has 0 aliphatic carbocycles. The van der Waals surface area contributed by atoms with Crippen molar-refractivity contribution in [3.63, 3.8) is 0 Å². The van der Waals surface area contributed by atoms with E-state index < -0.39 is 8.07 Å². The van der Waals surface area contributed by atoms with Gasteiger partial charge in [-0.3, -0.25) is 0 Å². The first kappa shape index (κ1) is 21.3. The van der Waals surface area contributed by atoms with Gasteiger partial charge in [-0.2, -0.15) is 0 Å². The number of rotatable bonds is 7. The lowest BCUT2D eigenvalue weighted by Gasteiger charge is -2.38. The van der Waals surface area contributed by atoms with Crippen molar-refractivity contribution in [1.29, 1.82) is 0 Å². The van der Waals surface area contributed by atoms with Gasteiger partial charge < -0.3 is 9.47 Å². The molecule has 24 heavy (non-hydrogen) atoms. The van der Waals surface area contributed by atoms with Crippen molar-refractivity contribution in [2.24, 2.45) is 0 Å². The molecule has 0 spiro atoms. The zero-order valence-corrected chi connectivity index (χ0v) is 18.7. The predicted octanol–water partition coefficient (Wildman–Crippen LogP) is 6.20. The highest BCUT2D eigenvalue weighted by molar-refractivity contribution is 9.10. The number of methoxy groups -OCH3 is 1. The molecule has 0 saturated heterocycles. The molecule has 0 aliphatic heterocycles. The van der Waals surface area contributed by atoms with Crippen LogP contribution in [0.15, 0.2) is 22.7 Å². The monoisotopic (exact) mass is 410 g/mol. The average Bonchev–Trinajstić information content (AvgIpc) is 2.49. The zero-order valence-electron chi connectivity index (χ0n) is 16.1. The highest BCUT2D eigenvalue weighted by atomic mass is 79.9. The SMILES string of the molecule is COCOc1ccc(CC#C[Si](C(C)C)(C(C)C)C(C)C)c(Br)c1. The lowest BCUT2D eigenvalue weighted by Crippen LogP contribution is -2.43. The van der Waals surface area contributed by atoms with E-state index in [1.807, 2.05) is 12.1 Å². The van der Waals surface area contributed by atoms with Gasteiger partial charge >= 0.3 is 0 Å². The number of hydrogen-bond donors (Lipinski definition) is 0. The average molecular weight is 411 g/mol. The van der Waals surface area contributed by atoms with Crippen molar-refractivity contribution in [3.05, 3.63) is 28.2 Å². The van der Waals surface area contributed by atoms with Crippen molar-refractivity contribution in [3.8, 4) is 17.2 Å². The summed E-state index contributed by atoms with van der Waals surface area (Å²) in [6.45, 7) is 14.3. The Morgan fingerprint density at radius 1 is 1.04 bits per heavy atom. The molecule has 0 bridgehead atoms. The van der Waals surface area contributed by atoms with Gasteiger partial charge in [0.05, 0.1) is 0 Å². The summed E-state index contributed by atoms with van der Waals surface area (Å²) in [4.78, 5) is 0. The van der Waals surface area contributed by atoms with Crippen LogP contribution in [-0.2, 0) is 11.2 Å². The fourth-order valence-electron chi connectivity index (χ4n) is 3.61. The van der Waals surface area contributed by atoms with Crippen molar-refractivity contribution < 1.29 is 9.47 Å². The molecule has 1 aromatic carbocycles. The molecule has 2 nitrogen and oxygen atoms in total. The van der Waals surface area contributed by atoms with E-state index in [2.05, 4.69) is 75.0 Å². The molecular formula is C20H31BrO2Si. The fourth-order valence-corrected chi connectivity index (χ4v) is 9.37. The molecule has 0 heterocycles. The maximum Gasteiger partial charge on any atom is 0.188 e. The van der Waals surface area contributed by atoms with E-state index in [-0.39, 0.29) is 6.79 Å². The summed E-state index contributed by atoms with van der Waals surface area (Å²) in [5, 5.41) is 0. The Morgan fingerprint density at radius 2 is 1.62 bits per heavy atom. The van der Waals surface area contributed by atoms with Crippen molar-refractivity contribution in [2.75, 3.05) is 13.9 Å². The molecule has 4 heteroatoms. The largest absolute Gasteiger partial charge is 0.468 e. The van der Waals surface area contributed by atoms with Crippen LogP contribution >= 0.6 is 15.9 Å². The van der Waals surface area contributed by atoms with Crippen LogP contribution in [-0.4, -0.2) is 22.0 Å². The van der Waals surface area contributed by atoms with Crippen molar-refractivity contribution >= 4 is 24.0 Å². The molecule has 0 amide bonds. The van der Waals surface area contributed by atoms with Gasteiger partial charge in [-0.15, -0.1) is 11.5 Å². The van der Waals surface area contributed by atoms with E-state index in [9.17, 15) is 0 Å². The molecule has 0 aromatic heterocycles. The second-order valence-corrected chi connectivity index (χ2v) is 13.6. The van der Waals surface area contributed by atoms with Crippen molar-refractivity contribution in [2.45, 2.75) is 64.6 Å². The van der Waals surface area contributed by atoms with Crippen LogP contribution in [0, 0.1) is 11.5 Å². The first-order chi connectivity index (χ1) is 11.3. The van der Waals surface area contributed by atoms with E-state index in [1.165, 1.54) is 5.56 Å². The van der Waals surface area contributed by atoms with Gasteiger partial charge in [0.25, 0.3) is 0 Å². The van der Waals surface area contributed by atoms with Crippen molar-refractivity contribution in [1.82, 2.24) is 0 Å². The van der Waals surface area contributed by atoms with Gasteiger partial charge in [0.2, 0.25) is 0 Å². The standard InChI is InChI=1S/C20H31BrO2Si/c1-15(2)24(16(3)4,17(5)6)12-8-9-18-10-11-19(13-20(18)21)23-14-22-7/h10-11,13,15-17H,9,14H2,1-7H3. The quantitative estimate of drug-likeness (QED) is 0.302. The van der Waals surface area contributed by atoms with E-state index in [1.54, 1.807) is 7.11 Å². The Labute approximate surface area is 157 Å². The Hall–Kier alpha value is -0.763. The summed E-state index contributed by atoms with van der Waals surface area (Å²) in [5.74, 6) is 4.31. The topological polar surface area (TPSA) is 18.5 Å². The molecule has 0 aliphatic rings.